The van der Waals surface area contributed by atoms with Crippen molar-refractivity contribution in [3.05, 3.63) is 24.3 Å². The molecule has 0 saturated heterocycles. The van der Waals surface area contributed by atoms with Crippen molar-refractivity contribution < 1.29 is 24.2 Å². The second kappa shape index (κ2) is 6.48. The quantitative estimate of drug-likeness (QED) is 0.622. The van der Waals surface area contributed by atoms with E-state index in [9.17, 15) is 14.7 Å². The molecule has 4 atom stereocenters. The average molecular weight is 322 g/mol. The van der Waals surface area contributed by atoms with Crippen molar-refractivity contribution >= 4 is 11.9 Å². The summed E-state index contributed by atoms with van der Waals surface area (Å²) in [7, 11) is 0. The Hall–Kier alpha value is -1.62. The first-order valence-electron chi connectivity index (χ1n) is 8.13. The monoisotopic (exact) mass is 322 g/mol. The van der Waals surface area contributed by atoms with E-state index in [1.807, 2.05) is 19.1 Å². The Kier molecular flexibility index (Phi) is 4.99. The second-order valence-electron chi connectivity index (χ2n) is 6.67. The second-order valence-corrected chi connectivity index (χ2v) is 6.67. The molecule has 0 unspecified atom stereocenters. The Morgan fingerprint density at radius 3 is 2.61 bits per heavy atom. The molecule has 0 aromatic carbocycles. The molecule has 128 valence electrons. The first kappa shape index (κ1) is 17.7. The van der Waals surface area contributed by atoms with Gasteiger partial charge in [-0.15, -0.1) is 0 Å². The lowest BCUT2D eigenvalue weighted by Crippen LogP contribution is -2.57. The number of carbonyl (C=O) groups excluding carboxylic acids is 2. The van der Waals surface area contributed by atoms with Gasteiger partial charge in [0.2, 0.25) is 0 Å². The van der Waals surface area contributed by atoms with Crippen LogP contribution in [0.4, 0.5) is 0 Å². The van der Waals surface area contributed by atoms with Crippen molar-refractivity contribution in [1.29, 1.82) is 0 Å². The predicted octanol–water partition coefficient (Wildman–Crippen LogP) is 2.53. The molecule has 0 aromatic rings. The lowest BCUT2D eigenvalue weighted by Gasteiger charge is -2.45. The molecular formula is C18H26O5. The van der Waals surface area contributed by atoms with Crippen LogP contribution in [0.5, 0.6) is 0 Å². The molecule has 23 heavy (non-hydrogen) atoms. The van der Waals surface area contributed by atoms with Crippen LogP contribution in [0.3, 0.4) is 0 Å². The van der Waals surface area contributed by atoms with Crippen LogP contribution < -0.4 is 0 Å². The number of carbonyl (C=O) groups is 2. The largest absolute Gasteiger partial charge is 0.466 e. The minimum absolute atomic E-state index is 0.00118. The standard InChI is InChI=1S/C18H26O5/c1-5-22-16(20)11-17(21)10-14(12(2)3)15-8-6-7-9-18(15,17)23-13(4)19/h6-7,14-15,21H,2,5,8-11H2,1,3-4H3/t14-,15+,17-,18+/m0/s1. The van der Waals surface area contributed by atoms with Crippen molar-refractivity contribution in [2.45, 2.75) is 57.7 Å². The summed E-state index contributed by atoms with van der Waals surface area (Å²) in [6, 6.07) is 0. The van der Waals surface area contributed by atoms with Crippen LogP contribution >= 0.6 is 0 Å². The fraction of sp³-hybridized carbons (Fsp3) is 0.667. The van der Waals surface area contributed by atoms with Gasteiger partial charge in [-0.2, -0.15) is 0 Å². The smallest absolute Gasteiger partial charge is 0.308 e. The number of hydrogen-bond donors (Lipinski definition) is 1. The molecule has 0 aliphatic heterocycles. The summed E-state index contributed by atoms with van der Waals surface area (Å²) in [6.45, 7) is 9.25. The first-order chi connectivity index (χ1) is 10.8. The molecule has 2 aliphatic carbocycles. The molecule has 5 heteroatoms. The van der Waals surface area contributed by atoms with Gasteiger partial charge in [-0.25, -0.2) is 0 Å². The molecule has 1 fully saturated rings. The number of rotatable bonds is 5. The van der Waals surface area contributed by atoms with Gasteiger partial charge in [-0.1, -0.05) is 24.3 Å². The van der Waals surface area contributed by atoms with Crippen LogP contribution in [0.1, 0.15) is 46.5 Å². The summed E-state index contributed by atoms with van der Waals surface area (Å²) in [6.07, 6.45) is 5.21. The number of hydrogen-bond acceptors (Lipinski definition) is 5. The third-order valence-electron chi connectivity index (χ3n) is 5.11. The van der Waals surface area contributed by atoms with E-state index in [2.05, 4.69) is 6.58 Å². The van der Waals surface area contributed by atoms with E-state index in [-0.39, 0.29) is 24.9 Å². The van der Waals surface area contributed by atoms with Gasteiger partial charge in [-0.3, -0.25) is 9.59 Å². The van der Waals surface area contributed by atoms with Crippen LogP contribution in [0.15, 0.2) is 24.3 Å². The van der Waals surface area contributed by atoms with Crippen molar-refractivity contribution in [2.75, 3.05) is 6.61 Å². The van der Waals surface area contributed by atoms with Gasteiger partial charge >= 0.3 is 11.9 Å². The van der Waals surface area contributed by atoms with Gasteiger partial charge in [-0.05, 0) is 32.6 Å². The topological polar surface area (TPSA) is 72.8 Å². The molecule has 0 radical (unpaired) electrons. The molecular weight excluding hydrogens is 296 g/mol. The van der Waals surface area contributed by atoms with Crippen molar-refractivity contribution in [1.82, 2.24) is 0 Å². The fourth-order valence-corrected chi connectivity index (χ4v) is 4.21. The highest BCUT2D eigenvalue weighted by atomic mass is 16.6. The molecule has 0 bridgehead atoms. The number of ether oxygens (including phenoxy) is 2. The van der Waals surface area contributed by atoms with Gasteiger partial charge in [0.15, 0.2) is 0 Å². The third-order valence-corrected chi connectivity index (χ3v) is 5.11. The fourth-order valence-electron chi connectivity index (χ4n) is 4.21. The van der Waals surface area contributed by atoms with Crippen molar-refractivity contribution in [3.63, 3.8) is 0 Å². The molecule has 1 saturated carbocycles. The molecule has 0 spiro atoms. The van der Waals surface area contributed by atoms with E-state index in [0.717, 1.165) is 5.57 Å². The Bertz CT molecular complexity index is 538. The summed E-state index contributed by atoms with van der Waals surface area (Å²) < 4.78 is 10.7. The van der Waals surface area contributed by atoms with Crippen LogP contribution in [0.25, 0.3) is 0 Å². The number of allylic oxidation sites excluding steroid dienone is 2. The van der Waals surface area contributed by atoms with Crippen LogP contribution in [-0.2, 0) is 19.1 Å². The Balaban J connectivity index is 2.44. The Morgan fingerprint density at radius 1 is 1.35 bits per heavy atom. The molecule has 5 nitrogen and oxygen atoms in total. The normalized spacial score (nSPS) is 35.5. The van der Waals surface area contributed by atoms with Gasteiger partial charge in [0.25, 0.3) is 0 Å². The van der Waals surface area contributed by atoms with E-state index >= 15 is 0 Å². The maximum absolute atomic E-state index is 12.0. The number of esters is 2. The Morgan fingerprint density at radius 2 is 2.04 bits per heavy atom. The molecule has 1 N–H and O–H groups in total. The number of aliphatic hydroxyl groups is 1. The summed E-state index contributed by atoms with van der Waals surface area (Å²) in [5.41, 5.74) is -1.60. The zero-order chi connectivity index (χ0) is 17.3. The van der Waals surface area contributed by atoms with E-state index < -0.39 is 23.1 Å². The van der Waals surface area contributed by atoms with Crippen molar-refractivity contribution in [3.8, 4) is 0 Å². The lowest BCUT2D eigenvalue weighted by molar-refractivity contribution is -0.202. The van der Waals surface area contributed by atoms with Gasteiger partial charge in [0.1, 0.15) is 11.2 Å². The van der Waals surface area contributed by atoms with Crippen LogP contribution in [0.2, 0.25) is 0 Å². The van der Waals surface area contributed by atoms with Gasteiger partial charge < -0.3 is 14.6 Å². The summed E-state index contributed by atoms with van der Waals surface area (Å²) in [5, 5.41) is 11.3. The van der Waals surface area contributed by atoms with E-state index in [1.54, 1.807) is 6.92 Å². The molecule has 0 amide bonds. The van der Waals surface area contributed by atoms with Crippen LogP contribution in [0, 0.1) is 11.8 Å². The molecule has 2 rings (SSSR count). The average Bonchev–Trinajstić information content (AvgIpc) is 2.68. The zero-order valence-corrected chi connectivity index (χ0v) is 14.1. The summed E-state index contributed by atoms with van der Waals surface area (Å²) in [4.78, 5) is 23.7. The maximum Gasteiger partial charge on any atom is 0.308 e. The minimum Gasteiger partial charge on any atom is -0.466 e. The number of fused-ring (bicyclic) bond motifs is 1. The van der Waals surface area contributed by atoms with E-state index in [0.29, 0.717) is 19.3 Å². The summed E-state index contributed by atoms with van der Waals surface area (Å²) >= 11 is 0. The predicted molar refractivity (Wildman–Crippen MR) is 85.5 cm³/mol. The third kappa shape index (κ3) is 3.07. The van der Waals surface area contributed by atoms with E-state index in [4.69, 9.17) is 9.47 Å². The van der Waals surface area contributed by atoms with Crippen molar-refractivity contribution in [2.24, 2.45) is 11.8 Å². The molecule has 2 aliphatic rings. The lowest BCUT2D eigenvalue weighted by atomic mass is 9.71. The maximum atomic E-state index is 12.0. The summed E-state index contributed by atoms with van der Waals surface area (Å²) in [5.74, 6) is -1.00. The molecule has 0 heterocycles. The van der Waals surface area contributed by atoms with E-state index in [1.165, 1.54) is 6.92 Å². The minimum atomic E-state index is -1.44. The van der Waals surface area contributed by atoms with Gasteiger partial charge in [0.05, 0.1) is 13.0 Å². The van der Waals surface area contributed by atoms with Gasteiger partial charge in [0, 0.05) is 19.3 Å². The Labute approximate surface area is 137 Å². The van der Waals surface area contributed by atoms with Crippen LogP contribution in [-0.4, -0.2) is 34.9 Å². The highest BCUT2D eigenvalue weighted by Crippen LogP contribution is 2.58. The molecule has 0 aromatic heterocycles. The highest BCUT2D eigenvalue weighted by molar-refractivity contribution is 5.72. The SMILES string of the molecule is C=C(C)[C@@H]1C[C@](O)(CC(=O)OCC)[C@@]2(OC(C)=O)CC=CC[C@H]12. The first-order valence-corrected chi connectivity index (χ1v) is 8.13. The zero-order valence-electron chi connectivity index (χ0n) is 14.1. The highest BCUT2D eigenvalue weighted by Gasteiger charge is 2.66.